The molecule has 1 heterocycles. The number of likely N-dealkylation sites (tertiary alicyclic amines) is 1. The van der Waals surface area contributed by atoms with Gasteiger partial charge in [-0.25, -0.2) is 4.79 Å². The number of carboxylic acids is 1. The van der Waals surface area contributed by atoms with Gasteiger partial charge in [0.05, 0.1) is 0 Å². The number of nitrogens with zero attached hydrogens (tertiary/aromatic N) is 2. The number of piperidine rings is 1. The van der Waals surface area contributed by atoms with Gasteiger partial charge in [-0.05, 0) is 38.4 Å². The Bertz CT molecular complexity index is 363. The first-order valence-corrected chi connectivity index (χ1v) is 6.90. The molecule has 1 fully saturated rings. The van der Waals surface area contributed by atoms with Gasteiger partial charge in [0.25, 0.3) is 0 Å². The summed E-state index contributed by atoms with van der Waals surface area (Å²) in [5, 5.41) is 11.7. The molecule has 0 unspecified atom stereocenters. The van der Waals surface area contributed by atoms with Gasteiger partial charge in [0.2, 0.25) is 0 Å². The Balaban J connectivity index is 2.47. The first kappa shape index (κ1) is 16.5. The van der Waals surface area contributed by atoms with Crippen molar-refractivity contribution >= 4 is 12.0 Å². The van der Waals surface area contributed by atoms with E-state index in [0.29, 0.717) is 6.54 Å². The summed E-state index contributed by atoms with van der Waals surface area (Å²) in [6, 6.07) is -0.340. The Hall–Kier alpha value is -1.56. The van der Waals surface area contributed by atoms with Gasteiger partial charge >= 0.3 is 12.0 Å². The maximum absolute atomic E-state index is 12.0. The molecule has 114 valence electrons. The second-order valence-corrected chi connectivity index (χ2v) is 5.84. The molecule has 0 aromatic rings. The number of amides is 2. The standard InChI is InChI=1S/C14H25N3O3/c1-4-7-17(10-12(18)19)13(20)15-11-14(2)5-8-16(3)9-6-14/h4H,1,5-11H2,2-3H3,(H,15,20)(H,18,19). The van der Waals surface area contributed by atoms with Crippen LogP contribution in [0.2, 0.25) is 0 Å². The SMILES string of the molecule is C=CCN(CC(=O)O)C(=O)NCC1(C)CCN(C)CC1. The van der Waals surface area contributed by atoms with Gasteiger partial charge in [0, 0.05) is 13.1 Å². The minimum atomic E-state index is -1.02. The lowest BCUT2D eigenvalue weighted by atomic mass is 9.80. The van der Waals surface area contributed by atoms with E-state index in [0.717, 1.165) is 25.9 Å². The van der Waals surface area contributed by atoms with E-state index in [-0.39, 0.29) is 24.5 Å². The molecule has 0 spiro atoms. The average Bonchev–Trinajstić information content (AvgIpc) is 2.39. The van der Waals surface area contributed by atoms with E-state index in [1.54, 1.807) is 0 Å². The molecule has 0 aromatic carbocycles. The zero-order valence-corrected chi connectivity index (χ0v) is 12.4. The van der Waals surface area contributed by atoms with Crippen LogP contribution in [-0.2, 0) is 4.79 Å². The van der Waals surface area contributed by atoms with Crippen molar-refractivity contribution in [1.29, 1.82) is 0 Å². The zero-order chi connectivity index (χ0) is 15.2. The number of carbonyl (C=O) groups excluding carboxylic acids is 1. The summed E-state index contributed by atoms with van der Waals surface area (Å²) in [6.45, 7) is 8.26. The highest BCUT2D eigenvalue weighted by atomic mass is 16.4. The summed E-state index contributed by atoms with van der Waals surface area (Å²) in [7, 11) is 2.09. The summed E-state index contributed by atoms with van der Waals surface area (Å²) < 4.78 is 0. The average molecular weight is 283 g/mol. The summed E-state index contributed by atoms with van der Waals surface area (Å²) >= 11 is 0. The first-order chi connectivity index (χ1) is 9.36. The maximum Gasteiger partial charge on any atom is 0.323 e. The maximum atomic E-state index is 12.0. The molecule has 0 bridgehead atoms. The number of hydrogen-bond donors (Lipinski definition) is 2. The van der Waals surface area contributed by atoms with Crippen molar-refractivity contribution in [1.82, 2.24) is 15.1 Å². The van der Waals surface area contributed by atoms with E-state index in [4.69, 9.17) is 5.11 Å². The van der Waals surface area contributed by atoms with Crippen molar-refractivity contribution in [2.24, 2.45) is 5.41 Å². The molecule has 1 aliphatic heterocycles. The van der Waals surface area contributed by atoms with Crippen LogP contribution in [0, 0.1) is 5.41 Å². The van der Waals surface area contributed by atoms with Gasteiger partial charge < -0.3 is 20.2 Å². The van der Waals surface area contributed by atoms with Gasteiger partial charge in [-0.3, -0.25) is 4.79 Å². The molecule has 20 heavy (non-hydrogen) atoms. The molecule has 1 aliphatic rings. The minimum Gasteiger partial charge on any atom is -0.480 e. The fourth-order valence-electron chi connectivity index (χ4n) is 2.27. The fourth-order valence-corrected chi connectivity index (χ4v) is 2.27. The topological polar surface area (TPSA) is 72.9 Å². The predicted molar refractivity (Wildman–Crippen MR) is 77.6 cm³/mol. The highest BCUT2D eigenvalue weighted by Gasteiger charge is 2.29. The lowest BCUT2D eigenvalue weighted by Crippen LogP contribution is -2.48. The Morgan fingerprint density at radius 2 is 2.05 bits per heavy atom. The zero-order valence-electron chi connectivity index (χ0n) is 12.4. The smallest absolute Gasteiger partial charge is 0.323 e. The molecular weight excluding hydrogens is 258 g/mol. The molecule has 0 aliphatic carbocycles. The van der Waals surface area contributed by atoms with E-state index in [1.807, 2.05) is 0 Å². The lowest BCUT2D eigenvalue weighted by molar-refractivity contribution is -0.137. The second-order valence-electron chi connectivity index (χ2n) is 5.84. The van der Waals surface area contributed by atoms with Crippen molar-refractivity contribution < 1.29 is 14.7 Å². The Labute approximate surface area is 120 Å². The Morgan fingerprint density at radius 1 is 1.45 bits per heavy atom. The van der Waals surface area contributed by atoms with E-state index < -0.39 is 5.97 Å². The number of nitrogens with one attached hydrogen (secondary N) is 1. The minimum absolute atomic E-state index is 0.0885. The monoisotopic (exact) mass is 283 g/mol. The largest absolute Gasteiger partial charge is 0.480 e. The molecule has 1 rings (SSSR count). The number of hydrogen-bond acceptors (Lipinski definition) is 3. The van der Waals surface area contributed by atoms with Gasteiger partial charge in [0.15, 0.2) is 0 Å². The summed E-state index contributed by atoms with van der Waals surface area (Å²) in [5.41, 5.74) is 0.0885. The molecule has 0 saturated carbocycles. The van der Waals surface area contributed by atoms with Crippen LogP contribution in [0.5, 0.6) is 0 Å². The number of carbonyl (C=O) groups is 2. The Morgan fingerprint density at radius 3 is 2.55 bits per heavy atom. The number of aliphatic carboxylic acids is 1. The summed E-state index contributed by atoms with van der Waals surface area (Å²) in [5.74, 6) is -1.02. The summed E-state index contributed by atoms with van der Waals surface area (Å²) in [4.78, 5) is 26.3. The number of carboxylic acid groups (broad SMARTS) is 1. The third kappa shape index (κ3) is 5.21. The second kappa shape index (κ2) is 7.28. The lowest BCUT2D eigenvalue weighted by Gasteiger charge is -2.38. The van der Waals surface area contributed by atoms with Crippen molar-refractivity contribution in [2.45, 2.75) is 19.8 Å². The highest BCUT2D eigenvalue weighted by molar-refractivity contribution is 5.80. The number of urea groups is 1. The van der Waals surface area contributed by atoms with Crippen LogP contribution in [-0.4, -0.2) is 66.7 Å². The van der Waals surface area contributed by atoms with Gasteiger partial charge in [0.1, 0.15) is 6.54 Å². The van der Waals surface area contributed by atoms with Crippen molar-refractivity contribution in [3.8, 4) is 0 Å². The van der Waals surface area contributed by atoms with E-state index in [1.165, 1.54) is 11.0 Å². The van der Waals surface area contributed by atoms with Crippen molar-refractivity contribution in [2.75, 3.05) is 39.8 Å². The summed E-state index contributed by atoms with van der Waals surface area (Å²) in [6.07, 6.45) is 3.59. The van der Waals surface area contributed by atoms with Crippen LogP contribution in [0.1, 0.15) is 19.8 Å². The molecule has 2 amide bonds. The quantitative estimate of drug-likeness (QED) is 0.713. The third-order valence-electron chi connectivity index (χ3n) is 3.82. The van der Waals surface area contributed by atoms with E-state index in [2.05, 4.69) is 30.8 Å². The van der Waals surface area contributed by atoms with Crippen molar-refractivity contribution in [3.05, 3.63) is 12.7 Å². The predicted octanol–water partition coefficient (Wildman–Crippen LogP) is 1.00. The molecular formula is C14H25N3O3. The van der Waals surface area contributed by atoms with E-state index in [9.17, 15) is 9.59 Å². The molecule has 6 nitrogen and oxygen atoms in total. The molecule has 0 radical (unpaired) electrons. The highest BCUT2D eigenvalue weighted by Crippen LogP contribution is 2.29. The Kier molecular flexibility index (Phi) is 6.01. The number of rotatable bonds is 6. The third-order valence-corrected chi connectivity index (χ3v) is 3.82. The molecule has 0 aromatic heterocycles. The van der Waals surface area contributed by atoms with E-state index >= 15 is 0 Å². The first-order valence-electron chi connectivity index (χ1n) is 6.90. The van der Waals surface area contributed by atoms with Crippen LogP contribution in [0.15, 0.2) is 12.7 Å². The van der Waals surface area contributed by atoms with Gasteiger partial charge in [-0.15, -0.1) is 6.58 Å². The van der Waals surface area contributed by atoms with Crippen LogP contribution >= 0.6 is 0 Å². The normalized spacial score (nSPS) is 18.3. The fraction of sp³-hybridized carbons (Fsp3) is 0.714. The molecule has 0 atom stereocenters. The van der Waals surface area contributed by atoms with Gasteiger partial charge in [-0.2, -0.15) is 0 Å². The van der Waals surface area contributed by atoms with Gasteiger partial charge in [-0.1, -0.05) is 13.0 Å². The molecule has 6 heteroatoms. The van der Waals surface area contributed by atoms with Crippen LogP contribution in [0.4, 0.5) is 4.79 Å². The van der Waals surface area contributed by atoms with Crippen LogP contribution in [0.3, 0.4) is 0 Å². The van der Waals surface area contributed by atoms with Crippen molar-refractivity contribution in [3.63, 3.8) is 0 Å². The molecule has 2 N–H and O–H groups in total. The van der Waals surface area contributed by atoms with Crippen LogP contribution in [0.25, 0.3) is 0 Å². The molecule has 1 saturated heterocycles. The van der Waals surface area contributed by atoms with Crippen LogP contribution < -0.4 is 5.32 Å².